The molecule has 0 aliphatic carbocycles. The highest BCUT2D eigenvalue weighted by molar-refractivity contribution is 7.99. The number of hydrogen-bond acceptors (Lipinski definition) is 4. The highest BCUT2D eigenvalue weighted by Gasteiger charge is 2.04. The molecule has 0 aromatic carbocycles. The number of nitriles is 1. The molecule has 1 unspecified atom stereocenters. The average molecular weight is 214 g/mol. The average Bonchev–Trinajstić information content (AvgIpc) is 2.16. The Morgan fingerprint density at radius 2 is 2.23 bits per heavy atom. The Morgan fingerprint density at radius 1 is 1.62 bits per heavy atom. The Bertz CT molecular complexity index is 306. The molecule has 1 atom stereocenters. The zero-order valence-corrected chi connectivity index (χ0v) is 8.64. The van der Waals surface area contributed by atoms with Crippen LogP contribution in [0.3, 0.4) is 0 Å². The van der Waals surface area contributed by atoms with Crippen molar-refractivity contribution in [3.8, 4) is 6.07 Å². The standard InChI is InChI=1S/C8H8ClN3S/c1-6-3-11-8(12-4-6)13-5-7(9)2-10/h3-4,7H,5H2,1H3. The van der Waals surface area contributed by atoms with E-state index in [4.69, 9.17) is 16.9 Å². The van der Waals surface area contributed by atoms with E-state index in [1.807, 2.05) is 13.0 Å². The summed E-state index contributed by atoms with van der Waals surface area (Å²) in [4.78, 5) is 8.14. The Kier molecular flexibility index (Phi) is 4.00. The van der Waals surface area contributed by atoms with Gasteiger partial charge in [0.15, 0.2) is 5.16 Å². The largest absolute Gasteiger partial charge is 0.231 e. The predicted octanol–water partition coefficient (Wildman–Crippen LogP) is 2.01. The van der Waals surface area contributed by atoms with Crippen LogP contribution in [-0.4, -0.2) is 21.1 Å². The van der Waals surface area contributed by atoms with Crippen LogP contribution in [0.1, 0.15) is 5.56 Å². The molecule has 1 aromatic rings. The van der Waals surface area contributed by atoms with Crippen molar-refractivity contribution in [2.45, 2.75) is 17.5 Å². The topological polar surface area (TPSA) is 49.6 Å². The van der Waals surface area contributed by atoms with E-state index in [0.717, 1.165) is 5.56 Å². The Labute approximate surface area is 86.1 Å². The smallest absolute Gasteiger partial charge is 0.187 e. The number of aromatic nitrogens is 2. The van der Waals surface area contributed by atoms with Crippen LogP contribution in [0.4, 0.5) is 0 Å². The molecule has 1 heterocycles. The lowest BCUT2D eigenvalue weighted by Crippen LogP contribution is -1.98. The van der Waals surface area contributed by atoms with Crippen molar-refractivity contribution in [2.24, 2.45) is 0 Å². The molecule has 0 aliphatic heterocycles. The Balaban J connectivity index is 2.47. The number of nitrogens with zero attached hydrogens (tertiary/aromatic N) is 3. The lowest BCUT2D eigenvalue weighted by molar-refractivity contribution is 0.949. The van der Waals surface area contributed by atoms with E-state index in [0.29, 0.717) is 10.9 Å². The van der Waals surface area contributed by atoms with Gasteiger partial charge in [0.05, 0.1) is 6.07 Å². The second kappa shape index (κ2) is 5.05. The van der Waals surface area contributed by atoms with Crippen LogP contribution in [-0.2, 0) is 0 Å². The van der Waals surface area contributed by atoms with Crippen LogP contribution in [0.5, 0.6) is 0 Å². The van der Waals surface area contributed by atoms with Crippen molar-refractivity contribution in [2.75, 3.05) is 5.75 Å². The first-order valence-electron chi connectivity index (χ1n) is 3.67. The van der Waals surface area contributed by atoms with Gasteiger partial charge in [-0.2, -0.15) is 5.26 Å². The quantitative estimate of drug-likeness (QED) is 0.438. The van der Waals surface area contributed by atoms with Crippen LogP contribution in [0.15, 0.2) is 17.6 Å². The van der Waals surface area contributed by atoms with Gasteiger partial charge in [0, 0.05) is 18.1 Å². The van der Waals surface area contributed by atoms with E-state index in [-0.39, 0.29) is 0 Å². The third-order valence-electron chi connectivity index (χ3n) is 1.26. The summed E-state index contributed by atoms with van der Waals surface area (Å²) < 4.78 is 0. The first-order chi connectivity index (χ1) is 6.22. The van der Waals surface area contributed by atoms with Gasteiger partial charge in [-0.1, -0.05) is 11.8 Å². The fraction of sp³-hybridized carbons (Fsp3) is 0.375. The molecule has 0 saturated heterocycles. The molecular formula is C8H8ClN3S. The lowest BCUT2D eigenvalue weighted by atomic mass is 10.4. The molecule has 0 N–H and O–H groups in total. The van der Waals surface area contributed by atoms with Gasteiger partial charge in [0.2, 0.25) is 0 Å². The summed E-state index contributed by atoms with van der Waals surface area (Å²) in [6.07, 6.45) is 3.48. The maximum Gasteiger partial charge on any atom is 0.187 e. The van der Waals surface area contributed by atoms with Crippen molar-refractivity contribution in [1.29, 1.82) is 5.26 Å². The van der Waals surface area contributed by atoms with Crippen molar-refractivity contribution < 1.29 is 0 Å². The summed E-state index contributed by atoms with van der Waals surface area (Å²) in [5.41, 5.74) is 1.02. The summed E-state index contributed by atoms with van der Waals surface area (Å²) >= 11 is 6.99. The van der Waals surface area contributed by atoms with Crippen molar-refractivity contribution in [3.05, 3.63) is 18.0 Å². The maximum atomic E-state index is 8.42. The minimum Gasteiger partial charge on any atom is -0.231 e. The van der Waals surface area contributed by atoms with E-state index < -0.39 is 5.38 Å². The van der Waals surface area contributed by atoms with Crippen LogP contribution >= 0.6 is 23.4 Å². The third-order valence-corrected chi connectivity index (χ3v) is 2.66. The molecule has 0 bridgehead atoms. The van der Waals surface area contributed by atoms with Gasteiger partial charge in [-0.3, -0.25) is 0 Å². The zero-order valence-electron chi connectivity index (χ0n) is 7.07. The highest BCUT2D eigenvalue weighted by atomic mass is 35.5. The van der Waals surface area contributed by atoms with E-state index in [1.54, 1.807) is 12.4 Å². The Hall–Kier alpha value is -0.790. The number of rotatable bonds is 3. The highest BCUT2D eigenvalue weighted by Crippen LogP contribution is 2.15. The minimum atomic E-state index is -0.477. The fourth-order valence-corrected chi connectivity index (χ4v) is 1.45. The third kappa shape index (κ3) is 3.62. The van der Waals surface area contributed by atoms with E-state index in [1.165, 1.54) is 11.8 Å². The molecule has 0 radical (unpaired) electrons. The normalized spacial score (nSPS) is 12.1. The van der Waals surface area contributed by atoms with Crippen LogP contribution in [0.25, 0.3) is 0 Å². The van der Waals surface area contributed by atoms with Crippen LogP contribution < -0.4 is 0 Å². The molecule has 13 heavy (non-hydrogen) atoms. The molecule has 0 amide bonds. The zero-order chi connectivity index (χ0) is 9.68. The van der Waals surface area contributed by atoms with Gasteiger partial charge in [-0.05, 0) is 12.5 Å². The van der Waals surface area contributed by atoms with E-state index in [2.05, 4.69) is 9.97 Å². The van der Waals surface area contributed by atoms with Gasteiger partial charge in [-0.25, -0.2) is 9.97 Å². The van der Waals surface area contributed by atoms with Crippen molar-refractivity contribution >= 4 is 23.4 Å². The first-order valence-corrected chi connectivity index (χ1v) is 5.09. The van der Waals surface area contributed by atoms with Gasteiger partial charge in [0.1, 0.15) is 5.38 Å². The number of thioether (sulfide) groups is 1. The van der Waals surface area contributed by atoms with E-state index in [9.17, 15) is 0 Å². The lowest BCUT2D eigenvalue weighted by Gasteiger charge is -1.99. The SMILES string of the molecule is Cc1cnc(SCC(Cl)C#N)nc1. The summed E-state index contributed by atoms with van der Waals surface area (Å²) in [5, 5.41) is 8.60. The predicted molar refractivity (Wildman–Crippen MR) is 52.7 cm³/mol. The summed E-state index contributed by atoms with van der Waals surface area (Å²) in [5.74, 6) is 0.515. The molecule has 0 aliphatic rings. The number of hydrogen-bond donors (Lipinski definition) is 0. The molecule has 5 heteroatoms. The van der Waals surface area contributed by atoms with Gasteiger partial charge >= 0.3 is 0 Å². The summed E-state index contributed by atoms with van der Waals surface area (Å²) in [6, 6.07) is 1.94. The second-order valence-corrected chi connectivity index (χ2v) is 3.96. The second-order valence-electron chi connectivity index (χ2n) is 2.45. The minimum absolute atomic E-state index is 0.477. The summed E-state index contributed by atoms with van der Waals surface area (Å²) in [7, 11) is 0. The molecule has 1 rings (SSSR count). The molecule has 1 aromatic heterocycles. The number of aryl methyl sites for hydroxylation is 1. The molecule has 0 saturated carbocycles. The van der Waals surface area contributed by atoms with Crippen molar-refractivity contribution in [3.63, 3.8) is 0 Å². The molecule has 68 valence electrons. The van der Waals surface area contributed by atoms with Crippen molar-refractivity contribution in [1.82, 2.24) is 9.97 Å². The molecule has 3 nitrogen and oxygen atoms in total. The van der Waals surface area contributed by atoms with Crippen LogP contribution in [0, 0.1) is 18.3 Å². The summed E-state index contributed by atoms with van der Waals surface area (Å²) in [6.45, 7) is 1.92. The molecular weight excluding hydrogens is 206 g/mol. The first kappa shape index (κ1) is 10.3. The monoisotopic (exact) mass is 213 g/mol. The van der Waals surface area contributed by atoms with E-state index >= 15 is 0 Å². The molecule has 0 fully saturated rings. The number of alkyl halides is 1. The van der Waals surface area contributed by atoms with Crippen LogP contribution in [0.2, 0.25) is 0 Å². The molecule has 0 spiro atoms. The number of halogens is 1. The van der Waals surface area contributed by atoms with Gasteiger partial charge < -0.3 is 0 Å². The fourth-order valence-electron chi connectivity index (χ4n) is 0.640. The van der Waals surface area contributed by atoms with Gasteiger partial charge in [-0.15, -0.1) is 11.6 Å². The maximum absolute atomic E-state index is 8.42. The Morgan fingerprint density at radius 3 is 2.77 bits per heavy atom. The van der Waals surface area contributed by atoms with Gasteiger partial charge in [0.25, 0.3) is 0 Å².